The Morgan fingerprint density at radius 1 is 1.75 bits per heavy atom. The topological polar surface area (TPSA) is 61.4 Å². The van der Waals surface area contributed by atoms with Gasteiger partial charge in [0.1, 0.15) is 5.75 Å². The van der Waals surface area contributed by atoms with Crippen LogP contribution in [0.15, 0.2) is 0 Å². The molecule has 0 aromatic heterocycles. The van der Waals surface area contributed by atoms with E-state index in [1.807, 2.05) is 0 Å². The van der Waals surface area contributed by atoms with E-state index in [1.165, 1.54) is 0 Å². The summed E-state index contributed by atoms with van der Waals surface area (Å²) in [5, 5.41) is 6.27. The van der Waals surface area contributed by atoms with E-state index < -0.39 is 10.2 Å². The van der Waals surface area contributed by atoms with Gasteiger partial charge >= 0.3 is 0 Å². The van der Waals surface area contributed by atoms with Gasteiger partial charge in [-0.25, -0.2) is 0 Å². The molecule has 4 nitrogen and oxygen atoms in total. The van der Waals surface area contributed by atoms with Crippen molar-refractivity contribution in [2.24, 2.45) is 0 Å². The maximum Gasteiger partial charge on any atom is 0.216 e. The number of hydrogen-bond donors (Lipinski definition) is 3. The maximum atomic E-state index is 11.1. The first kappa shape index (κ1) is 9.88. The van der Waals surface area contributed by atoms with Crippen LogP contribution in [0.4, 0.5) is 0 Å². The first-order valence-corrected chi connectivity index (χ1v) is 6.00. The second-order valence-corrected chi connectivity index (χ2v) is 5.55. The van der Waals surface area contributed by atoms with E-state index in [9.17, 15) is 8.76 Å². The predicted octanol–water partition coefficient (Wildman–Crippen LogP) is -0.175. The Hall–Kier alpha value is -0.200. The molecule has 0 aromatic carbocycles. The number of thiocarbonyl (C=S) groups is 1. The van der Waals surface area contributed by atoms with E-state index in [1.54, 1.807) is 7.05 Å². The summed E-state index contributed by atoms with van der Waals surface area (Å²) in [5.74, 6) is 0.700. The molecule has 70 valence electrons. The predicted molar refractivity (Wildman–Crippen MR) is 53.6 cm³/mol. The summed E-state index contributed by atoms with van der Waals surface area (Å²) < 4.78 is 20.3. The molecule has 1 aliphatic heterocycles. The fourth-order valence-corrected chi connectivity index (χ4v) is 3.04. The molecule has 6 heteroatoms. The van der Waals surface area contributed by atoms with Crippen LogP contribution < -0.4 is 10.6 Å². The van der Waals surface area contributed by atoms with Crippen molar-refractivity contribution in [2.75, 3.05) is 18.6 Å². The summed E-state index contributed by atoms with van der Waals surface area (Å²) in [6, 6.07) is 0.0578. The fourth-order valence-electron chi connectivity index (χ4n) is 1.18. The highest BCUT2D eigenvalue weighted by Gasteiger charge is 2.38. The quantitative estimate of drug-likeness (QED) is 0.413. The molecule has 3 N–H and O–H groups in total. The maximum absolute atomic E-state index is 11.1. The van der Waals surface area contributed by atoms with Crippen molar-refractivity contribution in [3.8, 4) is 0 Å². The molecule has 1 fully saturated rings. The molecule has 0 aliphatic carbocycles. The monoisotopic (exact) mass is 209 g/mol. The van der Waals surface area contributed by atoms with Crippen LogP contribution >= 0.6 is 12.2 Å². The zero-order chi connectivity index (χ0) is 9.19. The van der Waals surface area contributed by atoms with Crippen LogP contribution in [0.1, 0.15) is 6.42 Å². The van der Waals surface area contributed by atoms with Gasteiger partial charge in [0.25, 0.3) is 0 Å². The molecule has 1 saturated heterocycles. The highest BCUT2D eigenvalue weighted by molar-refractivity contribution is 7.98. The Bertz CT molecular complexity index is 232. The lowest BCUT2D eigenvalue weighted by Gasteiger charge is -2.10. The number of rotatable bonds is 1. The van der Waals surface area contributed by atoms with Gasteiger partial charge in [-0.2, -0.15) is 4.55 Å². The minimum Gasteiger partial charge on any atom is -0.366 e. The third kappa shape index (κ3) is 2.69. The molecule has 0 amide bonds. The highest BCUT2D eigenvalue weighted by atomic mass is 32.3. The van der Waals surface area contributed by atoms with Crippen molar-refractivity contribution < 1.29 is 8.76 Å². The smallest absolute Gasteiger partial charge is 0.216 e. The van der Waals surface area contributed by atoms with Crippen LogP contribution in [0.3, 0.4) is 0 Å². The summed E-state index contributed by atoms with van der Waals surface area (Å²) in [5.41, 5.74) is 0. The summed E-state index contributed by atoms with van der Waals surface area (Å²) >= 11 is 4.87. The molecule has 0 radical (unpaired) electrons. The Kier molecular flexibility index (Phi) is 3.03. The lowest BCUT2D eigenvalue weighted by Crippen LogP contribution is -2.41. The van der Waals surface area contributed by atoms with Gasteiger partial charge in [-0.3, -0.25) is 0 Å². The van der Waals surface area contributed by atoms with Gasteiger partial charge in [-0.15, -0.1) is 0 Å². The molecule has 0 bridgehead atoms. The normalized spacial score (nSPS) is 34.7. The van der Waals surface area contributed by atoms with Crippen LogP contribution in [-0.2, 0) is 14.4 Å². The van der Waals surface area contributed by atoms with Gasteiger partial charge in [-0.1, -0.05) is 4.21 Å². The van der Waals surface area contributed by atoms with Crippen LogP contribution in [-0.4, -0.2) is 34.3 Å². The van der Waals surface area contributed by atoms with Gasteiger partial charge in [0.15, 0.2) is 10.9 Å². The van der Waals surface area contributed by atoms with Gasteiger partial charge in [0.2, 0.25) is 10.2 Å². The molecule has 0 spiro atoms. The molecule has 1 aliphatic rings. The van der Waals surface area contributed by atoms with E-state index in [0.29, 0.717) is 16.6 Å². The minimum absolute atomic E-state index is 0.0578. The van der Waals surface area contributed by atoms with Crippen LogP contribution in [0.2, 0.25) is 0 Å². The van der Waals surface area contributed by atoms with E-state index in [4.69, 9.17) is 12.2 Å². The molecule has 12 heavy (non-hydrogen) atoms. The minimum atomic E-state index is -2.55. The zero-order valence-electron chi connectivity index (χ0n) is 6.87. The molecule has 1 heterocycles. The van der Waals surface area contributed by atoms with Gasteiger partial charge in [0.05, 0.1) is 6.04 Å². The summed E-state index contributed by atoms with van der Waals surface area (Å²) in [6.45, 7) is 0. The molecular formula is C6H13N2O2S2+. The number of hydrogen-bond acceptors (Lipinski definition) is 2. The average Bonchev–Trinajstić information content (AvgIpc) is 2.30. The Balaban J connectivity index is 2.38. The molecular weight excluding hydrogens is 196 g/mol. The van der Waals surface area contributed by atoms with E-state index in [-0.39, 0.29) is 6.04 Å². The summed E-state index contributed by atoms with van der Waals surface area (Å²) in [4.78, 5) is 0. The van der Waals surface area contributed by atoms with E-state index in [2.05, 4.69) is 10.6 Å². The standard InChI is InChI=1S/C6H12N2O2S2/c1-7-6(11)8-5-2-3-12(9,10)4-5/h5H,2-4H2,1H3,(H2-,7,8,9,10,11)/p+1/t5-/m1/s1. The second-order valence-electron chi connectivity index (χ2n) is 2.85. The second kappa shape index (κ2) is 3.68. The Morgan fingerprint density at radius 3 is 2.83 bits per heavy atom. The van der Waals surface area contributed by atoms with Gasteiger partial charge in [0, 0.05) is 13.5 Å². The highest BCUT2D eigenvalue weighted by Crippen LogP contribution is 2.16. The molecule has 1 rings (SSSR count). The van der Waals surface area contributed by atoms with Crippen molar-refractivity contribution >= 4 is 27.5 Å². The van der Waals surface area contributed by atoms with Gasteiger partial charge < -0.3 is 10.6 Å². The zero-order valence-corrected chi connectivity index (χ0v) is 8.50. The van der Waals surface area contributed by atoms with Crippen molar-refractivity contribution in [3.63, 3.8) is 0 Å². The van der Waals surface area contributed by atoms with Crippen LogP contribution in [0, 0.1) is 0 Å². The fraction of sp³-hybridized carbons (Fsp3) is 0.833. The Labute approximate surface area is 78.4 Å². The van der Waals surface area contributed by atoms with Crippen molar-refractivity contribution in [3.05, 3.63) is 0 Å². The first-order valence-electron chi connectivity index (χ1n) is 3.74. The first-order chi connectivity index (χ1) is 5.53. The lowest BCUT2D eigenvalue weighted by molar-refractivity contribution is 0.502. The SMILES string of the molecule is CNC(=S)N[C@@H]1CC[S+](=O)(O)C1. The molecule has 0 aromatic rings. The van der Waals surface area contributed by atoms with Crippen LogP contribution in [0.25, 0.3) is 0 Å². The Morgan fingerprint density at radius 2 is 2.42 bits per heavy atom. The molecule has 1 unspecified atom stereocenters. The van der Waals surface area contributed by atoms with Gasteiger partial charge in [-0.05, 0) is 12.2 Å². The summed E-state index contributed by atoms with van der Waals surface area (Å²) in [6.07, 6.45) is 0.719. The number of nitrogens with one attached hydrogen (secondary N) is 2. The average molecular weight is 209 g/mol. The molecule has 0 saturated carbocycles. The van der Waals surface area contributed by atoms with Crippen molar-refractivity contribution in [2.45, 2.75) is 12.5 Å². The molecule has 2 atom stereocenters. The van der Waals surface area contributed by atoms with E-state index in [0.717, 1.165) is 6.42 Å². The van der Waals surface area contributed by atoms with E-state index >= 15 is 0 Å². The third-order valence-electron chi connectivity index (χ3n) is 1.81. The van der Waals surface area contributed by atoms with Crippen molar-refractivity contribution in [1.82, 2.24) is 10.6 Å². The summed E-state index contributed by atoms with van der Waals surface area (Å²) in [7, 11) is -0.826. The lowest BCUT2D eigenvalue weighted by atomic mass is 10.3. The third-order valence-corrected chi connectivity index (χ3v) is 3.93. The largest absolute Gasteiger partial charge is 0.366 e. The van der Waals surface area contributed by atoms with Crippen LogP contribution in [0.5, 0.6) is 0 Å². The van der Waals surface area contributed by atoms with Crippen molar-refractivity contribution in [1.29, 1.82) is 0 Å².